The Morgan fingerprint density at radius 3 is 2.51 bits per heavy atom. The van der Waals surface area contributed by atoms with Crippen LogP contribution in [-0.2, 0) is 16.4 Å². The molecule has 0 saturated carbocycles. The SMILES string of the molecule is O=S(=O)(Nc1ccccc1-c1ccc2c(c1)OC[C@H](Cc1cnc(-c3ccccc3)s1)[C@H]2O)C(F)(F)F. The van der Waals surface area contributed by atoms with E-state index in [0.29, 0.717) is 23.3 Å². The molecule has 0 unspecified atom stereocenters. The summed E-state index contributed by atoms with van der Waals surface area (Å²) in [7, 11) is -5.59. The molecule has 1 aromatic heterocycles. The Balaban J connectivity index is 1.36. The molecule has 11 heteroatoms. The molecule has 0 aliphatic carbocycles. The van der Waals surface area contributed by atoms with Gasteiger partial charge in [-0.2, -0.15) is 21.6 Å². The molecular weight excluding hydrogens is 525 g/mol. The number of halogens is 3. The third-order valence-electron chi connectivity index (χ3n) is 6.06. The van der Waals surface area contributed by atoms with Gasteiger partial charge in [-0.05, 0) is 24.1 Å². The van der Waals surface area contributed by atoms with Crippen molar-refractivity contribution in [3.63, 3.8) is 0 Å². The third kappa shape index (κ3) is 5.20. The second-order valence-corrected chi connectivity index (χ2v) is 11.4. The summed E-state index contributed by atoms with van der Waals surface area (Å²) in [6, 6.07) is 20.5. The molecule has 0 bridgehead atoms. The molecule has 0 saturated heterocycles. The maximum absolute atomic E-state index is 12.9. The second-order valence-electron chi connectivity index (χ2n) is 8.57. The number of hydrogen-bond donors (Lipinski definition) is 2. The summed E-state index contributed by atoms with van der Waals surface area (Å²) < 4.78 is 69.6. The molecule has 3 aromatic carbocycles. The number of aromatic nitrogens is 1. The number of thiazole rings is 1. The van der Waals surface area contributed by atoms with Gasteiger partial charge in [0.05, 0.1) is 18.4 Å². The third-order valence-corrected chi connectivity index (χ3v) is 8.22. The van der Waals surface area contributed by atoms with Crippen LogP contribution < -0.4 is 9.46 Å². The van der Waals surface area contributed by atoms with E-state index in [1.54, 1.807) is 46.5 Å². The molecule has 5 rings (SSSR count). The molecule has 2 N–H and O–H groups in total. The number of rotatable bonds is 6. The van der Waals surface area contributed by atoms with Crippen LogP contribution in [0.15, 0.2) is 79.0 Å². The van der Waals surface area contributed by atoms with Gasteiger partial charge in [0, 0.05) is 33.7 Å². The Morgan fingerprint density at radius 2 is 1.76 bits per heavy atom. The number of nitrogens with zero attached hydrogens (tertiary/aromatic N) is 1. The van der Waals surface area contributed by atoms with Crippen molar-refractivity contribution in [3.05, 3.63) is 89.4 Å². The number of para-hydroxylation sites is 1. The van der Waals surface area contributed by atoms with E-state index in [-0.39, 0.29) is 23.8 Å². The van der Waals surface area contributed by atoms with E-state index in [1.807, 2.05) is 30.3 Å². The minimum absolute atomic E-state index is 0.214. The van der Waals surface area contributed by atoms with Crippen LogP contribution in [0.2, 0.25) is 0 Å². The van der Waals surface area contributed by atoms with Crippen molar-refractivity contribution in [1.82, 2.24) is 4.98 Å². The lowest BCUT2D eigenvalue weighted by Crippen LogP contribution is -2.30. The molecule has 0 spiro atoms. The number of aliphatic hydroxyl groups is 1. The summed E-state index contributed by atoms with van der Waals surface area (Å²) in [5, 5.41) is 11.9. The first-order valence-corrected chi connectivity index (χ1v) is 13.6. The summed E-state index contributed by atoms with van der Waals surface area (Å²) in [6.45, 7) is 0.235. The number of hydrogen-bond acceptors (Lipinski definition) is 6. The lowest BCUT2D eigenvalue weighted by molar-refractivity contribution is -0.0429. The first kappa shape index (κ1) is 25.2. The van der Waals surface area contributed by atoms with Gasteiger partial charge in [0.25, 0.3) is 0 Å². The average Bonchev–Trinajstić information content (AvgIpc) is 3.34. The fourth-order valence-electron chi connectivity index (χ4n) is 4.18. The Morgan fingerprint density at radius 1 is 1.03 bits per heavy atom. The fourth-order valence-corrected chi connectivity index (χ4v) is 5.78. The van der Waals surface area contributed by atoms with Gasteiger partial charge in [0.1, 0.15) is 10.8 Å². The van der Waals surface area contributed by atoms with Gasteiger partial charge in [-0.1, -0.05) is 60.7 Å². The predicted molar refractivity (Wildman–Crippen MR) is 136 cm³/mol. The summed E-state index contributed by atoms with van der Waals surface area (Å²) in [5.41, 5.74) is -3.39. The normalized spacial score (nSPS) is 17.6. The van der Waals surface area contributed by atoms with Gasteiger partial charge in [0.2, 0.25) is 0 Å². The maximum atomic E-state index is 12.9. The van der Waals surface area contributed by atoms with Crippen molar-refractivity contribution < 1.29 is 31.4 Å². The van der Waals surface area contributed by atoms with Crippen LogP contribution in [0.5, 0.6) is 5.75 Å². The number of alkyl halides is 3. The molecule has 0 amide bonds. The molecule has 1 aliphatic heterocycles. The molecule has 2 atom stereocenters. The van der Waals surface area contributed by atoms with E-state index in [0.717, 1.165) is 15.4 Å². The second kappa shape index (κ2) is 9.81. The first-order valence-electron chi connectivity index (χ1n) is 11.3. The van der Waals surface area contributed by atoms with E-state index in [2.05, 4.69) is 4.98 Å². The number of ether oxygens (including phenoxy) is 1. The molecule has 0 fully saturated rings. The number of anilines is 1. The first-order chi connectivity index (χ1) is 17.6. The Kier molecular flexibility index (Phi) is 6.69. The highest BCUT2D eigenvalue weighted by atomic mass is 32.2. The quantitative estimate of drug-likeness (QED) is 0.309. The van der Waals surface area contributed by atoms with Gasteiger partial charge >= 0.3 is 15.5 Å². The highest BCUT2D eigenvalue weighted by Crippen LogP contribution is 2.41. The smallest absolute Gasteiger partial charge is 0.493 e. The summed E-state index contributed by atoms with van der Waals surface area (Å²) in [5.74, 6) is 0.178. The lowest BCUT2D eigenvalue weighted by atomic mass is 9.89. The van der Waals surface area contributed by atoms with Crippen molar-refractivity contribution in [2.75, 3.05) is 11.3 Å². The van der Waals surface area contributed by atoms with Crippen molar-refractivity contribution in [1.29, 1.82) is 0 Å². The highest BCUT2D eigenvalue weighted by Gasteiger charge is 2.46. The van der Waals surface area contributed by atoms with Crippen LogP contribution in [0.3, 0.4) is 0 Å². The molecule has 0 radical (unpaired) electrons. The Labute approximate surface area is 215 Å². The molecule has 6 nitrogen and oxygen atoms in total. The molecular formula is C26H21F3N2O4S2. The lowest BCUT2D eigenvalue weighted by Gasteiger charge is -2.30. The minimum Gasteiger partial charge on any atom is -0.493 e. The highest BCUT2D eigenvalue weighted by molar-refractivity contribution is 7.93. The zero-order valence-corrected chi connectivity index (χ0v) is 20.8. The zero-order chi connectivity index (χ0) is 26.2. The maximum Gasteiger partial charge on any atom is 0.516 e. The molecule has 2 heterocycles. The van der Waals surface area contributed by atoms with E-state index in [4.69, 9.17) is 4.74 Å². The number of benzene rings is 3. The number of aliphatic hydroxyl groups excluding tert-OH is 1. The van der Waals surface area contributed by atoms with Crippen molar-refractivity contribution in [3.8, 4) is 27.4 Å². The Hall–Kier alpha value is -3.41. The molecule has 192 valence electrons. The van der Waals surface area contributed by atoms with E-state index in [9.17, 15) is 26.7 Å². The standard InChI is InChI=1S/C26H21F3N2O4S2/c27-26(28,29)37(33,34)31-22-9-5-4-8-20(22)17-10-11-21-23(13-17)35-15-18(24(21)32)12-19-14-30-25(36-19)16-6-2-1-3-7-16/h1-11,13-14,18,24,31-32H,12,15H2/t18-,24+/m0/s1. The van der Waals surface area contributed by atoms with Gasteiger partial charge in [-0.3, -0.25) is 4.72 Å². The zero-order valence-electron chi connectivity index (χ0n) is 19.1. The molecule has 4 aromatic rings. The summed E-state index contributed by atoms with van der Waals surface area (Å²) in [6.07, 6.45) is 1.55. The number of sulfonamides is 1. The van der Waals surface area contributed by atoms with E-state index < -0.39 is 21.6 Å². The van der Waals surface area contributed by atoms with Crippen molar-refractivity contribution in [2.45, 2.75) is 18.0 Å². The van der Waals surface area contributed by atoms with Crippen LogP contribution in [0.1, 0.15) is 16.5 Å². The van der Waals surface area contributed by atoms with Crippen molar-refractivity contribution in [2.24, 2.45) is 5.92 Å². The average molecular weight is 547 g/mol. The molecule has 1 aliphatic rings. The van der Waals surface area contributed by atoms with E-state index in [1.165, 1.54) is 18.2 Å². The van der Waals surface area contributed by atoms with Crippen LogP contribution in [0.25, 0.3) is 21.7 Å². The number of nitrogens with one attached hydrogen (secondary N) is 1. The predicted octanol–water partition coefficient (Wildman–Crippen LogP) is 6.02. The largest absolute Gasteiger partial charge is 0.516 e. The molecule has 37 heavy (non-hydrogen) atoms. The van der Waals surface area contributed by atoms with Gasteiger partial charge in [0.15, 0.2) is 0 Å². The monoisotopic (exact) mass is 546 g/mol. The summed E-state index contributed by atoms with van der Waals surface area (Å²) >= 11 is 1.56. The Bertz CT molecular complexity index is 1520. The van der Waals surface area contributed by atoms with Gasteiger partial charge < -0.3 is 9.84 Å². The van der Waals surface area contributed by atoms with E-state index >= 15 is 0 Å². The van der Waals surface area contributed by atoms with Crippen LogP contribution in [0.4, 0.5) is 18.9 Å². The summed E-state index contributed by atoms with van der Waals surface area (Å²) in [4.78, 5) is 5.50. The van der Waals surface area contributed by atoms with Crippen LogP contribution in [0, 0.1) is 5.92 Å². The van der Waals surface area contributed by atoms with Gasteiger partial charge in [-0.15, -0.1) is 11.3 Å². The number of fused-ring (bicyclic) bond motifs is 1. The van der Waals surface area contributed by atoms with Crippen LogP contribution >= 0.6 is 11.3 Å². The van der Waals surface area contributed by atoms with Crippen LogP contribution in [-0.4, -0.2) is 30.6 Å². The fraction of sp³-hybridized carbons (Fsp3) is 0.192. The van der Waals surface area contributed by atoms with Crippen molar-refractivity contribution >= 4 is 27.0 Å². The van der Waals surface area contributed by atoms with Gasteiger partial charge in [-0.25, -0.2) is 4.98 Å². The minimum atomic E-state index is -5.59. The topological polar surface area (TPSA) is 88.5 Å².